The zero-order chi connectivity index (χ0) is 11.4. The molecule has 3 atom stereocenters. The van der Waals surface area contributed by atoms with E-state index < -0.39 is 0 Å². The first-order valence-electron chi connectivity index (χ1n) is 6.23. The second kappa shape index (κ2) is 3.13. The monoisotopic (exact) mass is 225 g/mol. The molecule has 4 rings (SSSR count). The molecule has 2 aliphatic carbocycles. The standard InChI is InChI=1S/C14H15N3/c15-12-7-11(16-17-12)14-10-6-5-8-3-1-2-4-9(8)13(10)14/h1-4,7,10,13-14H,5-6H2,(H3,15,16,17). The first-order chi connectivity index (χ1) is 8.34. The Morgan fingerprint density at radius 2 is 2.12 bits per heavy atom. The molecular weight excluding hydrogens is 210 g/mol. The zero-order valence-electron chi connectivity index (χ0n) is 9.56. The fourth-order valence-electron chi connectivity index (χ4n) is 3.51. The van der Waals surface area contributed by atoms with Crippen molar-refractivity contribution < 1.29 is 0 Å². The van der Waals surface area contributed by atoms with Crippen LogP contribution in [-0.2, 0) is 6.42 Å². The van der Waals surface area contributed by atoms with Crippen LogP contribution >= 0.6 is 0 Å². The molecule has 1 aromatic heterocycles. The molecule has 3 heteroatoms. The first kappa shape index (κ1) is 9.28. The number of nitrogens with zero attached hydrogens (tertiary/aromatic N) is 1. The summed E-state index contributed by atoms with van der Waals surface area (Å²) in [7, 11) is 0. The molecule has 1 saturated carbocycles. The number of hydrogen-bond acceptors (Lipinski definition) is 2. The van der Waals surface area contributed by atoms with E-state index in [1.807, 2.05) is 6.07 Å². The van der Waals surface area contributed by atoms with Crippen molar-refractivity contribution in [3.63, 3.8) is 0 Å². The van der Waals surface area contributed by atoms with Crippen LogP contribution in [0.1, 0.15) is 35.1 Å². The maximum absolute atomic E-state index is 5.69. The van der Waals surface area contributed by atoms with Gasteiger partial charge in [0, 0.05) is 17.7 Å². The number of hydrogen-bond donors (Lipinski definition) is 2. The predicted octanol–water partition coefficient (Wildman–Crippen LogP) is 2.44. The van der Waals surface area contributed by atoms with Gasteiger partial charge >= 0.3 is 0 Å². The Hall–Kier alpha value is -1.77. The molecule has 0 radical (unpaired) electrons. The molecular formula is C14H15N3. The molecule has 2 aliphatic rings. The second-order valence-corrected chi connectivity index (χ2v) is 5.20. The molecule has 1 heterocycles. The molecule has 0 bridgehead atoms. The van der Waals surface area contributed by atoms with Gasteiger partial charge in [0.2, 0.25) is 0 Å². The van der Waals surface area contributed by atoms with Crippen LogP contribution in [0.3, 0.4) is 0 Å². The van der Waals surface area contributed by atoms with Gasteiger partial charge in [0.25, 0.3) is 0 Å². The molecule has 3 nitrogen and oxygen atoms in total. The van der Waals surface area contributed by atoms with Crippen LogP contribution in [0.4, 0.5) is 5.82 Å². The van der Waals surface area contributed by atoms with Crippen LogP contribution in [0.2, 0.25) is 0 Å². The molecule has 0 spiro atoms. The number of aromatic nitrogens is 2. The zero-order valence-corrected chi connectivity index (χ0v) is 9.56. The summed E-state index contributed by atoms with van der Waals surface area (Å²) in [5.74, 6) is 2.71. The minimum atomic E-state index is 0.608. The van der Waals surface area contributed by atoms with Crippen molar-refractivity contribution in [2.45, 2.75) is 24.7 Å². The number of benzene rings is 1. The summed E-state index contributed by atoms with van der Waals surface area (Å²) in [6, 6.07) is 10.8. The highest BCUT2D eigenvalue weighted by Gasteiger charge is 2.54. The Balaban J connectivity index is 1.73. The van der Waals surface area contributed by atoms with Gasteiger partial charge in [-0.25, -0.2) is 0 Å². The van der Waals surface area contributed by atoms with E-state index in [0.29, 0.717) is 17.7 Å². The van der Waals surface area contributed by atoms with Crippen molar-refractivity contribution in [3.05, 3.63) is 47.2 Å². The van der Waals surface area contributed by atoms with Gasteiger partial charge in [0.1, 0.15) is 5.82 Å². The summed E-state index contributed by atoms with van der Waals surface area (Å²) >= 11 is 0. The number of nitrogen functional groups attached to an aromatic ring is 1. The van der Waals surface area contributed by atoms with Gasteiger partial charge in [-0.2, -0.15) is 5.10 Å². The van der Waals surface area contributed by atoms with Crippen LogP contribution in [0, 0.1) is 5.92 Å². The van der Waals surface area contributed by atoms with Gasteiger partial charge in [0.15, 0.2) is 0 Å². The highest BCUT2D eigenvalue weighted by atomic mass is 15.2. The molecule has 86 valence electrons. The second-order valence-electron chi connectivity index (χ2n) is 5.20. The molecule has 3 unspecified atom stereocenters. The van der Waals surface area contributed by atoms with Crippen molar-refractivity contribution in [1.82, 2.24) is 10.2 Å². The molecule has 1 aromatic carbocycles. The molecule has 1 fully saturated rings. The Kier molecular flexibility index (Phi) is 1.71. The van der Waals surface area contributed by atoms with E-state index in [9.17, 15) is 0 Å². The molecule has 0 aliphatic heterocycles. The van der Waals surface area contributed by atoms with Crippen LogP contribution in [0.5, 0.6) is 0 Å². The van der Waals surface area contributed by atoms with Gasteiger partial charge < -0.3 is 5.73 Å². The number of H-pyrrole nitrogens is 1. The molecule has 2 aromatic rings. The number of nitrogens with one attached hydrogen (secondary N) is 1. The lowest BCUT2D eigenvalue weighted by Gasteiger charge is -2.13. The minimum Gasteiger partial charge on any atom is -0.382 e. The van der Waals surface area contributed by atoms with Gasteiger partial charge in [-0.3, -0.25) is 5.10 Å². The van der Waals surface area contributed by atoms with Gasteiger partial charge in [-0.15, -0.1) is 0 Å². The van der Waals surface area contributed by atoms with Crippen molar-refractivity contribution in [3.8, 4) is 0 Å². The summed E-state index contributed by atoms with van der Waals surface area (Å²) in [5.41, 5.74) is 9.98. The summed E-state index contributed by atoms with van der Waals surface area (Å²) in [6.07, 6.45) is 2.52. The topological polar surface area (TPSA) is 54.7 Å². The third-order valence-electron chi connectivity index (χ3n) is 4.31. The number of rotatable bonds is 1. The Morgan fingerprint density at radius 1 is 1.24 bits per heavy atom. The fraction of sp³-hybridized carbons (Fsp3) is 0.357. The Morgan fingerprint density at radius 3 is 2.94 bits per heavy atom. The highest BCUT2D eigenvalue weighted by Crippen LogP contribution is 2.64. The van der Waals surface area contributed by atoms with Crippen LogP contribution in [0.15, 0.2) is 30.3 Å². The van der Waals surface area contributed by atoms with E-state index in [2.05, 4.69) is 34.5 Å². The molecule has 17 heavy (non-hydrogen) atoms. The molecule has 3 N–H and O–H groups in total. The van der Waals surface area contributed by atoms with E-state index in [-0.39, 0.29) is 0 Å². The lowest BCUT2D eigenvalue weighted by molar-refractivity contribution is 0.657. The Bertz CT molecular complexity index is 572. The third kappa shape index (κ3) is 1.25. The quantitative estimate of drug-likeness (QED) is 0.783. The summed E-state index contributed by atoms with van der Waals surface area (Å²) in [6.45, 7) is 0. The fourth-order valence-corrected chi connectivity index (χ4v) is 3.51. The number of aromatic amines is 1. The van der Waals surface area contributed by atoms with Gasteiger partial charge in [-0.1, -0.05) is 24.3 Å². The van der Waals surface area contributed by atoms with E-state index in [1.165, 1.54) is 24.1 Å². The SMILES string of the molecule is Nc1cc(C2C3CCc4ccccc4C32)[nH]n1. The van der Waals surface area contributed by atoms with Gasteiger partial charge in [0.05, 0.1) is 0 Å². The highest BCUT2D eigenvalue weighted by molar-refractivity contribution is 5.45. The van der Waals surface area contributed by atoms with Crippen molar-refractivity contribution in [2.75, 3.05) is 5.73 Å². The number of aryl methyl sites for hydroxylation is 1. The number of nitrogens with two attached hydrogens (primary N) is 1. The van der Waals surface area contributed by atoms with E-state index in [1.54, 1.807) is 5.56 Å². The average Bonchev–Trinajstić information content (AvgIpc) is 2.96. The van der Waals surface area contributed by atoms with E-state index in [0.717, 1.165) is 5.92 Å². The third-order valence-corrected chi connectivity index (χ3v) is 4.31. The van der Waals surface area contributed by atoms with Crippen molar-refractivity contribution in [1.29, 1.82) is 0 Å². The lowest BCUT2D eigenvalue weighted by Crippen LogP contribution is -2.00. The lowest BCUT2D eigenvalue weighted by atomic mass is 9.92. The largest absolute Gasteiger partial charge is 0.382 e. The summed E-state index contributed by atoms with van der Waals surface area (Å²) < 4.78 is 0. The summed E-state index contributed by atoms with van der Waals surface area (Å²) in [4.78, 5) is 0. The average molecular weight is 225 g/mol. The molecule has 0 amide bonds. The number of fused-ring (bicyclic) bond motifs is 3. The van der Waals surface area contributed by atoms with Crippen molar-refractivity contribution >= 4 is 5.82 Å². The van der Waals surface area contributed by atoms with Crippen LogP contribution in [-0.4, -0.2) is 10.2 Å². The maximum atomic E-state index is 5.69. The Labute approximate surface area is 100 Å². The minimum absolute atomic E-state index is 0.608. The maximum Gasteiger partial charge on any atom is 0.145 e. The van der Waals surface area contributed by atoms with Crippen molar-refractivity contribution in [2.24, 2.45) is 5.92 Å². The normalized spacial score (nSPS) is 29.5. The predicted molar refractivity (Wildman–Crippen MR) is 66.7 cm³/mol. The van der Waals surface area contributed by atoms with Crippen LogP contribution < -0.4 is 5.73 Å². The van der Waals surface area contributed by atoms with Gasteiger partial charge in [-0.05, 0) is 35.8 Å². The van der Waals surface area contributed by atoms with E-state index >= 15 is 0 Å². The first-order valence-corrected chi connectivity index (χ1v) is 6.23. The smallest absolute Gasteiger partial charge is 0.145 e. The summed E-state index contributed by atoms with van der Waals surface area (Å²) in [5, 5.41) is 7.12. The van der Waals surface area contributed by atoms with Crippen LogP contribution in [0.25, 0.3) is 0 Å². The number of anilines is 1. The molecule has 0 saturated heterocycles. The van der Waals surface area contributed by atoms with E-state index in [4.69, 9.17) is 5.73 Å².